The molecule has 2 amide bonds. The van der Waals surface area contributed by atoms with Crippen LogP contribution in [0, 0.1) is 20.8 Å². The minimum Gasteiger partial charge on any atom is -0.497 e. The number of hydrogen-bond donors (Lipinski definition) is 1. The fourth-order valence-corrected chi connectivity index (χ4v) is 5.79. The predicted octanol–water partition coefficient (Wildman–Crippen LogP) is 5.80. The number of nitrogens with one attached hydrogen (secondary N) is 1. The summed E-state index contributed by atoms with van der Waals surface area (Å²) in [6, 6.07) is 21.9. The van der Waals surface area contributed by atoms with Gasteiger partial charge in [0.15, 0.2) is 5.17 Å². The highest BCUT2D eigenvalue weighted by Gasteiger charge is 2.39. The van der Waals surface area contributed by atoms with Gasteiger partial charge in [0.25, 0.3) is 5.91 Å². The molecule has 0 bridgehead atoms. The number of carbonyl (C=O) groups is 2. The van der Waals surface area contributed by atoms with Crippen LogP contribution in [0.2, 0.25) is 0 Å². The molecule has 0 fully saturated rings. The van der Waals surface area contributed by atoms with E-state index in [1.165, 1.54) is 17.3 Å². The Kier molecular flexibility index (Phi) is 7.33. The van der Waals surface area contributed by atoms with Crippen LogP contribution in [0.15, 0.2) is 76.8 Å². The second-order valence-electron chi connectivity index (χ2n) is 9.72. The van der Waals surface area contributed by atoms with Gasteiger partial charge < -0.3 is 10.1 Å². The smallest absolute Gasteiger partial charge is 0.262 e. The maximum Gasteiger partial charge on any atom is 0.262 e. The molecule has 194 valence electrons. The first-order valence-electron chi connectivity index (χ1n) is 12.5. The summed E-state index contributed by atoms with van der Waals surface area (Å²) in [7, 11) is 1.64. The van der Waals surface area contributed by atoms with E-state index in [2.05, 4.69) is 41.5 Å². The van der Waals surface area contributed by atoms with E-state index in [0.29, 0.717) is 11.6 Å². The van der Waals surface area contributed by atoms with Crippen molar-refractivity contribution in [3.05, 3.63) is 94.5 Å². The standard InChI is InChI=1S/C30H30N4O3S/c1-18-5-7-21(8-6-18)25-16-26(22-9-11-24(37-4)12-10-22)34(33-25)30-32-29(36)27(38-30)17-28(35)31-23-14-19(2)13-20(3)15-23/h5-15,26-27H,16-17H2,1-4H3,(H,31,35)/t26-,27+/m1/s1. The Hall–Kier alpha value is -3.91. The Morgan fingerprint density at radius 1 is 1.00 bits per heavy atom. The minimum atomic E-state index is -0.592. The second kappa shape index (κ2) is 10.8. The number of thioether (sulfide) groups is 1. The van der Waals surface area contributed by atoms with Gasteiger partial charge in [0, 0.05) is 18.5 Å². The predicted molar refractivity (Wildman–Crippen MR) is 153 cm³/mol. The minimum absolute atomic E-state index is 0.0407. The van der Waals surface area contributed by atoms with E-state index < -0.39 is 5.25 Å². The molecule has 2 aliphatic heterocycles. The molecular formula is C30H30N4O3S. The summed E-state index contributed by atoms with van der Waals surface area (Å²) in [4.78, 5) is 30.0. The molecule has 3 aromatic rings. The van der Waals surface area contributed by atoms with Crippen LogP contribution in [0.1, 0.15) is 46.7 Å². The van der Waals surface area contributed by atoms with Gasteiger partial charge in [-0.3, -0.25) is 9.59 Å². The van der Waals surface area contributed by atoms with Crippen LogP contribution in [0.25, 0.3) is 0 Å². The van der Waals surface area contributed by atoms with Crippen LogP contribution >= 0.6 is 11.8 Å². The van der Waals surface area contributed by atoms with E-state index in [4.69, 9.17) is 9.84 Å². The Morgan fingerprint density at radius 2 is 1.68 bits per heavy atom. The first-order valence-corrected chi connectivity index (χ1v) is 13.4. The highest BCUT2D eigenvalue weighted by atomic mass is 32.2. The monoisotopic (exact) mass is 526 g/mol. The maximum absolute atomic E-state index is 12.9. The van der Waals surface area contributed by atoms with Gasteiger partial charge in [0.2, 0.25) is 5.91 Å². The quantitative estimate of drug-likeness (QED) is 0.439. The normalized spacial score (nSPS) is 18.8. The molecule has 2 heterocycles. The summed E-state index contributed by atoms with van der Waals surface area (Å²) in [6.07, 6.45) is 0.708. The van der Waals surface area contributed by atoms with Crippen molar-refractivity contribution in [2.45, 2.75) is 44.9 Å². The lowest BCUT2D eigenvalue weighted by atomic mass is 9.98. The number of amides is 2. The van der Waals surface area contributed by atoms with Crippen LogP contribution in [0.3, 0.4) is 0 Å². The second-order valence-corrected chi connectivity index (χ2v) is 10.9. The van der Waals surface area contributed by atoms with Crippen molar-refractivity contribution in [2.75, 3.05) is 12.4 Å². The Labute approximate surface area is 227 Å². The molecule has 3 aromatic carbocycles. The number of amidine groups is 1. The molecule has 2 aliphatic rings. The lowest BCUT2D eigenvalue weighted by Crippen LogP contribution is -2.25. The highest BCUT2D eigenvalue weighted by molar-refractivity contribution is 8.15. The van der Waals surface area contributed by atoms with Gasteiger partial charge in [-0.25, -0.2) is 5.01 Å². The van der Waals surface area contributed by atoms with Crippen molar-refractivity contribution < 1.29 is 14.3 Å². The van der Waals surface area contributed by atoms with Crippen molar-refractivity contribution >= 4 is 40.1 Å². The van der Waals surface area contributed by atoms with Crippen molar-refractivity contribution in [1.29, 1.82) is 0 Å². The number of ether oxygens (including phenoxy) is 1. The lowest BCUT2D eigenvalue weighted by molar-refractivity contribution is -0.121. The first-order chi connectivity index (χ1) is 18.3. The van der Waals surface area contributed by atoms with Crippen LogP contribution < -0.4 is 10.1 Å². The molecule has 38 heavy (non-hydrogen) atoms. The third kappa shape index (κ3) is 5.65. The molecule has 0 aliphatic carbocycles. The number of hydrazone groups is 1. The van der Waals surface area contributed by atoms with Crippen molar-refractivity contribution in [3.63, 3.8) is 0 Å². The van der Waals surface area contributed by atoms with E-state index in [1.54, 1.807) is 7.11 Å². The number of anilines is 1. The van der Waals surface area contributed by atoms with E-state index in [0.717, 1.165) is 39.4 Å². The summed E-state index contributed by atoms with van der Waals surface area (Å²) in [5.41, 5.74) is 7.06. The summed E-state index contributed by atoms with van der Waals surface area (Å²) >= 11 is 1.30. The third-order valence-corrected chi connectivity index (χ3v) is 7.74. The fourth-order valence-electron chi connectivity index (χ4n) is 4.72. The van der Waals surface area contributed by atoms with Crippen LogP contribution in [-0.4, -0.2) is 40.1 Å². The summed E-state index contributed by atoms with van der Waals surface area (Å²) in [6.45, 7) is 6.03. The number of hydrogen-bond acceptors (Lipinski definition) is 6. The molecule has 0 unspecified atom stereocenters. The number of methoxy groups -OCH3 is 1. The highest BCUT2D eigenvalue weighted by Crippen LogP contribution is 2.39. The number of rotatable bonds is 6. The SMILES string of the molecule is COc1ccc([C@H]2CC(c3ccc(C)cc3)=NN2C2=NC(=O)[C@H](CC(=O)Nc3cc(C)cc(C)c3)S2)cc1. The van der Waals surface area contributed by atoms with Crippen LogP contribution in [-0.2, 0) is 9.59 Å². The Balaban J connectivity index is 1.35. The number of nitrogens with zero attached hydrogens (tertiary/aromatic N) is 3. The van der Waals surface area contributed by atoms with Gasteiger partial charge in [0.05, 0.1) is 18.9 Å². The molecule has 5 rings (SSSR count). The number of benzene rings is 3. The molecule has 1 N–H and O–H groups in total. The van der Waals surface area contributed by atoms with Crippen molar-refractivity contribution in [1.82, 2.24) is 5.01 Å². The maximum atomic E-state index is 12.9. The lowest BCUT2D eigenvalue weighted by Gasteiger charge is -2.23. The molecule has 0 saturated heterocycles. The van der Waals surface area contributed by atoms with E-state index in [1.807, 2.05) is 61.3 Å². The topological polar surface area (TPSA) is 83.4 Å². The molecule has 0 radical (unpaired) electrons. The van der Waals surface area contributed by atoms with Gasteiger partial charge in [-0.05, 0) is 67.3 Å². The molecule has 7 nitrogen and oxygen atoms in total. The third-order valence-electron chi connectivity index (χ3n) is 6.60. The molecule has 0 aromatic heterocycles. The Bertz CT molecular complexity index is 1410. The molecule has 8 heteroatoms. The zero-order valence-electron chi connectivity index (χ0n) is 21.9. The van der Waals surface area contributed by atoms with E-state index in [-0.39, 0.29) is 24.3 Å². The van der Waals surface area contributed by atoms with Gasteiger partial charge >= 0.3 is 0 Å². The molecule has 2 atom stereocenters. The molecule has 0 saturated carbocycles. The van der Waals surface area contributed by atoms with Gasteiger partial charge in [-0.15, -0.1) is 0 Å². The molecule has 0 spiro atoms. The average molecular weight is 527 g/mol. The van der Waals surface area contributed by atoms with E-state index in [9.17, 15) is 9.59 Å². The number of aryl methyl sites for hydroxylation is 3. The van der Waals surface area contributed by atoms with Gasteiger partial charge in [0.1, 0.15) is 11.0 Å². The Morgan fingerprint density at radius 3 is 2.34 bits per heavy atom. The largest absolute Gasteiger partial charge is 0.497 e. The summed E-state index contributed by atoms with van der Waals surface area (Å²) in [5, 5.41) is 9.60. The molecular weight excluding hydrogens is 496 g/mol. The zero-order chi connectivity index (χ0) is 26.8. The number of aliphatic imine (C=N–C) groups is 1. The van der Waals surface area contributed by atoms with Crippen molar-refractivity contribution in [2.24, 2.45) is 10.1 Å². The fraction of sp³-hybridized carbons (Fsp3) is 0.267. The summed E-state index contributed by atoms with van der Waals surface area (Å²) in [5.74, 6) is 0.248. The average Bonchev–Trinajstić information content (AvgIpc) is 3.48. The van der Waals surface area contributed by atoms with E-state index >= 15 is 0 Å². The van der Waals surface area contributed by atoms with Crippen molar-refractivity contribution in [3.8, 4) is 5.75 Å². The van der Waals surface area contributed by atoms with Crippen LogP contribution in [0.4, 0.5) is 5.69 Å². The van der Waals surface area contributed by atoms with Gasteiger partial charge in [-0.2, -0.15) is 10.1 Å². The van der Waals surface area contributed by atoms with Crippen LogP contribution in [0.5, 0.6) is 5.75 Å². The number of carbonyl (C=O) groups excluding carboxylic acids is 2. The first kappa shape index (κ1) is 25.7. The summed E-state index contributed by atoms with van der Waals surface area (Å²) < 4.78 is 5.33. The zero-order valence-corrected chi connectivity index (χ0v) is 22.7. The van der Waals surface area contributed by atoms with Gasteiger partial charge in [-0.1, -0.05) is 59.8 Å².